The Labute approximate surface area is 101 Å². The van der Waals surface area contributed by atoms with E-state index >= 15 is 0 Å². The molecule has 1 amide bonds. The smallest absolute Gasteiger partial charge is 0.326 e. The van der Waals surface area contributed by atoms with Crippen LogP contribution in [0.25, 0.3) is 0 Å². The summed E-state index contributed by atoms with van der Waals surface area (Å²) in [7, 11) is 0. The normalized spacial score (nSPS) is 21.5. The quantitative estimate of drug-likeness (QED) is 0.717. The maximum Gasteiger partial charge on any atom is 0.326 e. The van der Waals surface area contributed by atoms with Crippen molar-refractivity contribution < 1.29 is 14.7 Å². The molecule has 1 fully saturated rings. The minimum Gasteiger partial charge on any atom is -0.480 e. The Kier molecular flexibility index (Phi) is 3.82. The van der Waals surface area contributed by atoms with Crippen molar-refractivity contribution in [1.29, 1.82) is 0 Å². The fourth-order valence-corrected chi connectivity index (χ4v) is 2.31. The number of amides is 1. The Balaban J connectivity index is 1.83. The molecule has 2 rings (SSSR count). The molecule has 4 nitrogen and oxygen atoms in total. The summed E-state index contributed by atoms with van der Waals surface area (Å²) < 4.78 is 0. The Hall–Kier alpha value is -1.32. The summed E-state index contributed by atoms with van der Waals surface area (Å²) in [6.45, 7) is 0. The first-order valence-corrected chi connectivity index (χ1v) is 6.37. The van der Waals surface area contributed by atoms with E-state index in [9.17, 15) is 9.59 Å². The molecule has 0 saturated heterocycles. The van der Waals surface area contributed by atoms with Crippen molar-refractivity contribution in [2.45, 2.75) is 51.0 Å². The van der Waals surface area contributed by atoms with Crippen molar-refractivity contribution in [3.8, 4) is 0 Å². The predicted octanol–water partition coefficient (Wildman–Crippen LogP) is 1.86. The van der Waals surface area contributed by atoms with E-state index in [-0.39, 0.29) is 11.8 Å². The Bertz CT molecular complexity index is 345. The summed E-state index contributed by atoms with van der Waals surface area (Å²) in [4.78, 5) is 22.7. The van der Waals surface area contributed by atoms with Crippen LogP contribution in [0.2, 0.25) is 0 Å². The Morgan fingerprint density at radius 3 is 2.71 bits per heavy atom. The summed E-state index contributed by atoms with van der Waals surface area (Å²) in [5, 5.41) is 11.7. The summed E-state index contributed by atoms with van der Waals surface area (Å²) in [6.07, 6.45) is 8.70. The average molecular weight is 237 g/mol. The Morgan fingerprint density at radius 2 is 2.18 bits per heavy atom. The van der Waals surface area contributed by atoms with Crippen LogP contribution in [0.1, 0.15) is 44.9 Å². The van der Waals surface area contributed by atoms with Crippen molar-refractivity contribution in [2.75, 3.05) is 0 Å². The molecule has 0 aliphatic heterocycles. The van der Waals surface area contributed by atoms with E-state index in [4.69, 9.17) is 5.11 Å². The second kappa shape index (κ2) is 5.34. The molecule has 0 radical (unpaired) electrons. The first-order valence-electron chi connectivity index (χ1n) is 6.37. The van der Waals surface area contributed by atoms with Crippen LogP contribution in [-0.2, 0) is 9.59 Å². The molecule has 1 saturated carbocycles. The van der Waals surface area contributed by atoms with Crippen LogP contribution < -0.4 is 5.32 Å². The minimum absolute atomic E-state index is 0.141. The van der Waals surface area contributed by atoms with Gasteiger partial charge < -0.3 is 10.4 Å². The lowest BCUT2D eigenvalue weighted by molar-refractivity contribution is -0.142. The van der Waals surface area contributed by atoms with Gasteiger partial charge in [0.2, 0.25) is 5.91 Å². The van der Waals surface area contributed by atoms with Crippen molar-refractivity contribution in [3.05, 3.63) is 11.6 Å². The molecule has 0 bridgehead atoms. The van der Waals surface area contributed by atoms with Crippen LogP contribution in [0.4, 0.5) is 0 Å². The van der Waals surface area contributed by atoms with Gasteiger partial charge in [0, 0.05) is 6.42 Å². The van der Waals surface area contributed by atoms with E-state index in [1.807, 2.05) is 0 Å². The third-order valence-electron chi connectivity index (χ3n) is 3.45. The van der Waals surface area contributed by atoms with E-state index in [0.29, 0.717) is 6.42 Å². The predicted molar refractivity (Wildman–Crippen MR) is 63.5 cm³/mol. The van der Waals surface area contributed by atoms with Gasteiger partial charge in [0.25, 0.3) is 0 Å². The highest BCUT2D eigenvalue weighted by atomic mass is 16.4. The zero-order valence-electron chi connectivity index (χ0n) is 9.95. The number of allylic oxidation sites excluding steroid dienone is 1. The molecule has 2 aliphatic carbocycles. The van der Waals surface area contributed by atoms with Crippen LogP contribution in [0, 0.1) is 5.92 Å². The van der Waals surface area contributed by atoms with E-state index < -0.39 is 12.0 Å². The molecule has 1 unspecified atom stereocenters. The van der Waals surface area contributed by atoms with Crippen LogP contribution >= 0.6 is 0 Å². The molecule has 94 valence electrons. The lowest BCUT2D eigenvalue weighted by Gasteiger charge is -2.16. The number of carboxylic acid groups (broad SMARTS) is 1. The van der Waals surface area contributed by atoms with E-state index in [2.05, 4.69) is 11.4 Å². The number of carboxylic acids is 1. The second-order valence-corrected chi connectivity index (χ2v) is 5.01. The number of hydrogen-bond acceptors (Lipinski definition) is 2. The molecule has 1 atom stereocenters. The molecule has 4 heteroatoms. The summed E-state index contributed by atoms with van der Waals surface area (Å²) in [5.74, 6) is -0.896. The maximum absolute atomic E-state index is 11.7. The van der Waals surface area contributed by atoms with Gasteiger partial charge in [-0.05, 0) is 44.4 Å². The number of rotatable bonds is 5. The molecule has 0 aromatic heterocycles. The summed E-state index contributed by atoms with van der Waals surface area (Å²) in [6, 6.07) is -0.674. The largest absolute Gasteiger partial charge is 0.480 e. The number of hydrogen-bond donors (Lipinski definition) is 2. The van der Waals surface area contributed by atoms with Gasteiger partial charge in [-0.15, -0.1) is 0 Å². The fraction of sp³-hybridized carbons (Fsp3) is 0.692. The molecule has 2 aliphatic rings. The lowest BCUT2D eigenvalue weighted by Crippen LogP contribution is -2.42. The van der Waals surface area contributed by atoms with E-state index in [1.165, 1.54) is 6.42 Å². The number of aliphatic carboxylic acids is 1. The van der Waals surface area contributed by atoms with Gasteiger partial charge >= 0.3 is 5.97 Å². The molecule has 0 aromatic carbocycles. The van der Waals surface area contributed by atoms with Gasteiger partial charge in [0.15, 0.2) is 0 Å². The monoisotopic (exact) mass is 237 g/mol. The third kappa shape index (κ3) is 3.58. The summed E-state index contributed by atoms with van der Waals surface area (Å²) in [5.41, 5.74) is 1.16. The number of nitrogens with one attached hydrogen (secondary N) is 1. The van der Waals surface area contributed by atoms with Crippen LogP contribution in [0.3, 0.4) is 0 Å². The molecule has 2 N–H and O–H groups in total. The topological polar surface area (TPSA) is 66.4 Å². The number of carbonyl (C=O) groups is 2. The van der Waals surface area contributed by atoms with Crippen LogP contribution in [0.5, 0.6) is 0 Å². The first kappa shape index (κ1) is 12.1. The van der Waals surface area contributed by atoms with Crippen molar-refractivity contribution in [3.63, 3.8) is 0 Å². The van der Waals surface area contributed by atoms with Crippen molar-refractivity contribution in [2.24, 2.45) is 5.92 Å². The molecule has 0 spiro atoms. The van der Waals surface area contributed by atoms with Gasteiger partial charge in [-0.2, -0.15) is 0 Å². The van der Waals surface area contributed by atoms with Crippen LogP contribution in [-0.4, -0.2) is 23.0 Å². The van der Waals surface area contributed by atoms with E-state index in [0.717, 1.165) is 37.7 Å². The zero-order chi connectivity index (χ0) is 12.3. The van der Waals surface area contributed by atoms with E-state index in [1.54, 1.807) is 0 Å². The molecular weight excluding hydrogens is 218 g/mol. The van der Waals surface area contributed by atoms with Crippen LogP contribution in [0.15, 0.2) is 11.6 Å². The lowest BCUT2D eigenvalue weighted by atomic mass is 9.97. The van der Waals surface area contributed by atoms with Gasteiger partial charge in [0.1, 0.15) is 6.04 Å². The fourth-order valence-electron chi connectivity index (χ4n) is 2.31. The van der Waals surface area contributed by atoms with Crippen molar-refractivity contribution >= 4 is 11.9 Å². The van der Waals surface area contributed by atoms with Gasteiger partial charge in [-0.1, -0.05) is 11.6 Å². The minimum atomic E-state index is -0.904. The van der Waals surface area contributed by atoms with Gasteiger partial charge in [-0.3, -0.25) is 4.79 Å². The van der Waals surface area contributed by atoms with Gasteiger partial charge in [0.05, 0.1) is 0 Å². The second-order valence-electron chi connectivity index (χ2n) is 5.01. The van der Waals surface area contributed by atoms with Crippen molar-refractivity contribution in [1.82, 2.24) is 5.32 Å². The third-order valence-corrected chi connectivity index (χ3v) is 3.45. The molecule has 17 heavy (non-hydrogen) atoms. The number of carbonyl (C=O) groups excluding carboxylic acids is 1. The average Bonchev–Trinajstić information content (AvgIpc) is 3.11. The highest BCUT2D eigenvalue weighted by Crippen LogP contribution is 2.33. The molecule has 0 aromatic rings. The first-order chi connectivity index (χ1) is 8.16. The van der Waals surface area contributed by atoms with Gasteiger partial charge in [-0.25, -0.2) is 4.79 Å². The standard InChI is InChI=1S/C13H19NO3/c15-11(8-9-4-2-1-3-5-9)14-12(13(16)17)10-6-7-10/h4,10,12H,1-3,5-8H2,(H,14,15)(H,16,17). The summed E-state index contributed by atoms with van der Waals surface area (Å²) >= 11 is 0. The Morgan fingerprint density at radius 1 is 1.41 bits per heavy atom. The SMILES string of the molecule is O=C(CC1=CCCCC1)NC(C(=O)O)C1CC1. The highest BCUT2D eigenvalue weighted by Gasteiger charge is 2.37. The molecular formula is C13H19NO3. The zero-order valence-corrected chi connectivity index (χ0v) is 9.95. The molecule has 0 heterocycles. The maximum atomic E-state index is 11.7. The highest BCUT2D eigenvalue weighted by molar-refractivity contribution is 5.85.